The number of benzene rings is 2. The zero-order chi connectivity index (χ0) is 25.6. The predicted octanol–water partition coefficient (Wildman–Crippen LogP) is 5.39. The van der Waals surface area contributed by atoms with Crippen LogP contribution in [0.1, 0.15) is 38.2 Å². The number of hydrogen-bond donors (Lipinski definition) is 1. The molecule has 2 aromatic carbocycles. The number of aromatic nitrogens is 3. The zero-order valence-corrected chi connectivity index (χ0v) is 19.7. The van der Waals surface area contributed by atoms with Gasteiger partial charge in [-0.2, -0.15) is 5.10 Å². The predicted molar refractivity (Wildman–Crippen MR) is 126 cm³/mol. The number of ether oxygens (including phenoxy) is 2. The fourth-order valence-electron chi connectivity index (χ4n) is 3.03. The molecular formula is C23H25ClF2N4O5. The van der Waals surface area contributed by atoms with Crippen molar-refractivity contribution in [2.24, 2.45) is 0 Å². The highest BCUT2D eigenvalue weighted by atomic mass is 35.5. The maximum atomic E-state index is 14.4. The number of nitrogens with zero attached hydrogens (tertiary/aromatic N) is 3. The van der Waals surface area contributed by atoms with E-state index in [0.29, 0.717) is 29.7 Å². The van der Waals surface area contributed by atoms with Crippen LogP contribution >= 0.6 is 11.6 Å². The van der Waals surface area contributed by atoms with Crippen molar-refractivity contribution in [3.05, 3.63) is 92.7 Å². The summed E-state index contributed by atoms with van der Waals surface area (Å²) in [4.78, 5) is 12.2. The van der Waals surface area contributed by atoms with Crippen LogP contribution in [0.4, 0.5) is 8.78 Å². The normalized spacial score (nSPS) is 11.2. The van der Waals surface area contributed by atoms with Crippen LogP contribution in [0.2, 0.25) is 5.02 Å². The van der Waals surface area contributed by atoms with Crippen molar-refractivity contribution in [3.8, 4) is 5.75 Å². The van der Waals surface area contributed by atoms with Crippen molar-refractivity contribution >= 4 is 23.1 Å². The fourth-order valence-corrected chi connectivity index (χ4v) is 3.15. The lowest BCUT2D eigenvalue weighted by atomic mass is 10.1. The third-order valence-electron chi connectivity index (χ3n) is 4.69. The van der Waals surface area contributed by atoms with Crippen molar-refractivity contribution in [1.29, 1.82) is 0 Å². The molecule has 1 N–H and O–H groups in total. The van der Waals surface area contributed by atoms with Crippen LogP contribution in [-0.4, -0.2) is 28.4 Å². The second-order valence-corrected chi connectivity index (χ2v) is 7.66. The minimum Gasteiger partial charge on any atom is -0.494 e. The molecule has 1 aromatic heterocycles. The molecule has 0 aliphatic rings. The van der Waals surface area contributed by atoms with Gasteiger partial charge in [0.2, 0.25) is 6.33 Å². The zero-order valence-electron chi connectivity index (χ0n) is 19.0. The molecule has 0 aliphatic carbocycles. The van der Waals surface area contributed by atoms with E-state index >= 15 is 0 Å². The fraction of sp³-hybridized carbons (Fsp3) is 0.304. The first kappa shape index (κ1) is 27.5. The third-order valence-corrected chi connectivity index (χ3v) is 4.94. The molecule has 0 aliphatic heterocycles. The van der Waals surface area contributed by atoms with Gasteiger partial charge in [-0.05, 0) is 67.1 Å². The van der Waals surface area contributed by atoms with Gasteiger partial charge >= 0.3 is 6.33 Å². The van der Waals surface area contributed by atoms with Gasteiger partial charge in [0.15, 0.2) is 11.5 Å². The van der Waals surface area contributed by atoms with Crippen molar-refractivity contribution in [3.63, 3.8) is 0 Å². The lowest BCUT2D eigenvalue weighted by Gasteiger charge is -2.13. The van der Waals surface area contributed by atoms with Gasteiger partial charge in [0.05, 0.1) is 23.9 Å². The molecule has 35 heavy (non-hydrogen) atoms. The number of hydrogen-bond acceptors (Lipinski definition) is 6. The summed E-state index contributed by atoms with van der Waals surface area (Å²) in [7, 11) is 0. The Kier molecular flexibility index (Phi) is 11.4. The molecule has 0 atom stereocenters. The molecule has 188 valence electrons. The first-order chi connectivity index (χ1) is 16.8. The molecule has 3 rings (SSSR count). The average molecular weight is 511 g/mol. The van der Waals surface area contributed by atoms with Crippen LogP contribution in [0.15, 0.2) is 55.1 Å². The van der Waals surface area contributed by atoms with Crippen LogP contribution in [0.3, 0.4) is 0 Å². The Labute approximate surface area is 205 Å². The SMILES string of the molecule is C/C(=C(/OCCCCCCOc1ccc(Cl)cc1)c1ccc(F)cc1F)[n+]1cnc[nH]1.O=[N+]([O-])[O-]. The Morgan fingerprint density at radius 3 is 2.34 bits per heavy atom. The summed E-state index contributed by atoms with van der Waals surface area (Å²) >= 11 is 5.86. The molecule has 0 spiro atoms. The number of halogens is 3. The van der Waals surface area contributed by atoms with Crippen molar-refractivity contribution < 1.29 is 28.0 Å². The minimum atomic E-state index is -1.75. The van der Waals surface area contributed by atoms with E-state index in [1.54, 1.807) is 30.1 Å². The maximum absolute atomic E-state index is 14.4. The summed E-state index contributed by atoms with van der Waals surface area (Å²) < 4.78 is 40.9. The smallest absolute Gasteiger partial charge is 0.311 e. The highest BCUT2D eigenvalue weighted by molar-refractivity contribution is 6.30. The van der Waals surface area contributed by atoms with Gasteiger partial charge in [-0.25, -0.2) is 8.78 Å². The average Bonchev–Trinajstić information content (AvgIpc) is 3.34. The molecule has 0 amide bonds. The van der Waals surface area contributed by atoms with Crippen LogP contribution in [0, 0.1) is 27.0 Å². The van der Waals surface area contributed by atoms with Gasteiger partial charge in [0.1, 0.15) is 17.4 Å². The number of allylic oxidation sites excluding steroid dienone is 1. The summed E-state index contributed by atoms with van der Waals surface area (Å²) in [5, 5.41) is 18.3. The van der Waals surface area contributed by atoms with Crippen LogP contribution in [0.25, 0.3) is 11.5 Å². The third kappa shape index (κ3) is 9.97. The number of aromatic amines is 1. The lowest BCUT2D eigenvalue weighted by Crippen LogP contribution is -2.33. The summed E-state index contributed by atoms with van der Waals surface area (Å²) in [6.45, 7) is 2.82. The molecule has 1 heterocycles. The molecular weight excluding hydrogens is 486 g/mol. The van der Waals surface area contributed by atoms with E-state index in [-0.39, 0.29) is 5.56 Å². The van der Waals surface area contributed by atoms with Crippen molar-refractivity contribution in [1.82, 2.24) is 10.1 Å². The number of H-pyrrole nitrogens is 1. The molecule has 0 fully saturated rings. The van der Waals surface area contributed by atoms with Gasteiger partial charge in [-0.1, -0.05) is 11.6 Å². The summed E-state index contributed by atoms with van der Waals surface area (Å²) in [5.74, 6) is -0.157. The van der Waals surface area contributed by atoms with Gasteiger partial charge < -0.3 is 24.8 Å². The molecule has 0 radical (unpaired) electrons. The highest BCUT2D eigenvalue weighted by Gasteiger charge is 2.18. The molecule has 3 aromatic rings. The van der Waals surface area contributed by atoms with Crippen LogP contribution in [-0.2, 0) is 4.74 Å². The van der Waals surface area contributed by atoms with E-state index < -0.39 is 16.7 Å². The van der Waals surface area contributed by atoms with Crippen LogP contribution in [0.5, 0.6) is 5.75 Å². The summed E-state index contributed by atoms with van der Waals surface area (Å²) in [6.07, 6.45) is 6.71. The van der Waals surface area contributed by atoms with E-state index in [4.69, 9.17) is 36.4 Å². The number of nitrogens with one attached hydrogen (secondary N) is 1. The van der Waals surface area contributed by atoms with E-state index in [9.17, 15) is 8.78 Å². The Hall–Kier alpha value is -3.73. The maximum Gasteiger partial charge on any atom is 0.311 e. The molecule has 0 unspecified atom stereocenters. The Morgan fingerprint density at radius 1 is 1.09 bits per heavy atom. The number of unbranched alkanes of at least 4 members (excludes halogenated alkanes) is 3. The summed E-state index contributed by atoms with van der Waals surface area (Å²) in [5.41, 5.74) is 0.830. The van der Waals surface area contributed by atoms with Gasteiger partial charge in [0.25, 0.3) is 0 Å². The van der Waals surface area contributed by atoms with Crippen molar-refractivity contribution in [2.75, 3.05) is 13.2 Å². The minimum absolute atomic E-state index is 0.206. The second kappa shape index (κ2) is 14.5. The molecule has 12 heteroatoms. The summed E-state index contributed by atoms with van der Waals surface area (Å²) in [6, 6.07) is 10.7. The topological polar surface area (TPSA) is 117 Å². The van der Waals surface area contributed by atoms with Gasteiger partial charge in [-0.3, -0.25) is 0 Å². The standard InChI is InChI=1S/C23H24ClF2N3O2.NO3/c1-17(29-16-27-15-28-29)23(21-11-8-19(25)14-22(21)26)31-13-5-3-2-4-12-30-20-9-6-18(24)7-10-20;2-1(3)4/h6-11,14-16H,2-5,12-13H2,1H3;/q;-1/p+1/b23-17-;. The first-order valence-corrected chi connectivity index (χ1v) is 11.0. The van der Waals surface area contributed by atoms with Crippen molar-refractivity contribution in [2.45, 2.75) is 32.6 Å². The second-order valence-electron chi connectivity index (χ2n) is 7.22. The van der Waals surface area contributed by atoms with E-state index in [1.165, 1.54) is 18.5 Å². The molecule has 0 bridgehead atoms. The molecule has 0 saturated carbocycles. The van der Waals surface area contributed by atoms with E-state index in [1.807, 2.05) is 12.1 Å². The molecule has 9 nitrogen and oxygen atoms in total. The Morgan fingerprint density at radius 2 is 1.74 bits per heavy atom. The molecule has 0 saturated heterocycles. The van der Waals surface area contributed by atoms with Crippen LogP contribution < -0.4 is 9.42 Å². The number of rotatable bonds is 11. The van der Waals surface area contributed by atoms with E-state index in [2.05, 4.69) is 10.1 Å². The first-order valence-electron chi connectivity index (χ1n) is 10.7. The van der Waals surface area contributed by atoms with Gasteiger partial charge in [0, 0.05) is 18.0 Å². The Balaban J connectivity index is 0.00000100. The lowest BCUT2D eigenvalue weighted by molar-refractivity contribution is -0.643. The monoisotopic (exact) mass is 510 g/mol. The largest absolute Gasteiger partial charge is 0.494 e. The Bertz CT molecular complexity index is 1090. The van der Waals surface area contributed by atoms with E-state index in [0.717, 1.165) is 37.5 Å². The highest BCUT2D eigenvalue weighted by Crippen LogP contribution is 2.24. The van der Waals surface area contributed by atoms with Gasteiger partial charge in [-0.15, -0.1) is 4.68 Å². The quantitative estimate of drug-likeness (QED) is 0.121.